The second kappa shape index (κ2) is 5.34. The van der Waals surface area contributed by atoms with Crippen molar-refractivity contribution < 1.29 is 71.5 Å². The van der Waals surface area contributed by atoms with Crippen molar-refractivity contribution in [1.82, 2.24) is 0 Å². The summed E-state index contributed by atoms with van der Waals surface area (Å²) < 4.78 is 22.0. The smallest absolute Gasteiger partial charge is 1.00 e. The summed E-state index contributed by atoms with van der Waals surface area (Å²) in [7, 11) is 0. The second-order valence-corrected chi connectivity index (χ2v) is 2.70. The fraction of sp³-hybridized carbons (Fsp3) is 0.222. The molecule has 0 aromatic heterocycles. The zero-order valence-electron chi connectivity index (χ0n) is 8.70. The normalized spacial score (nSPS) is 18.2. The van der Waals surface area contributed by atoms with Gasteiger partial charge in [-0.15, -0.1) is 0 Å². The van der Waals surface area contributed by atoms with Gasteiger partial charge in [0.1, 0.15) is 11.6 Å². The topological polar surface area (TPSA) is 38.8 Å². The van der Waals surface area contributed by atoms with Crippen LogP contribution >= 0.6 is 0 Å². The van der Waals surface area contributed by atoms with E-state index in [9.17, 15) is 9.18 Å². The molecule has 0 saturated carbocycles. The van der Waals surface area contributed by atoms with Crippen LogP contribution in [0.3, 0.4) is 0 Å². The van der Waals surface area contributed by atoms with Gasteiger partial charge in [0, 0.05) is 0 Å². The van der Waals surface area contributed by atoms with Crippen LogP contribution in [0, 0.1) is 5.82 Å². The molecular weight excluding hydrogens is 214 g/mol. The van der Waals surface area contributed by atoms with E-state index >= 15 is 0 Å². The number of epoxide rings is 1. The molecule has 1 unspecified atom stereocenters. The molecular formula is C9H8FKO3. The van der Waals surface area contributed by atoms with Crippen molar-refractivity contribution in [3.8, 4) is 5.75 Å². The number of benzene rings is 1. The number of ether oxygens (including phenoxy) is 2. The third-order valence-corrected chi connectivity index (χ3v) is 1.63. The molecule has 2 rings (SSSR count). The van der Waals surface area contributed by atoms with E-state index in [4.69, 9.17) is 9.47 Å². The number of hydrogen-bond donors (Lipinski definition) is 0. The Balaban J connectivity index is 0.000000980. The Kier molecular flexibility index (Phi) is 4.69. The first kappa shape index (κ1) is 12.3. The van der Waals surface area contributed by atoms with Crippen molar-refractivity contribution in [3.05, 3.63) is 30.1 Å². The van der Waals surface area contributed by atoms with Crippen LogP contribution in [0.2, 0.25) is 0 Å². The van der Waals surface area contributed by atoms with Crippen LogP contribution in [0.1, 0.15) is 1.43 Å². The van der Waals surface area contributed by atoms with Crippen LogP contribution in [-0.4, -0.2) is 18.7 Å². The molecule has 0 aliphatic carbocycles. The molecule has 1 saturated heterocycles. The third-order valence-electron chi connectivity index (χ3n) is 1.63. The maximum Gasteiger partial charge on any atom is 1.00 e. The molecule has 1 atom stereocenters. The van der Waals surface area contributed by atoms with Crippen molar-refractivity contribution in [3.63, 3.8) is 0 Å². The van der Waals surface area contributed by atoms with Gasteiger partial charge in [0.15, 0.2) is 6.10 Å². The Hall–Kier alpha value is 0.216. The monoisotopic (exact) mass is 222 g/mol. The largest absolute Gasteiger partial charge is 1.00 e. The van der Waals surface area contributed by atoms with Crippen molar-refractivity contribution >= 4 is 5.97 Å². The molecule has 1 fully saturated rings. The first-order valence-corrected chi connectivity index (χ1v) is 3.84. The average molecular weight is 222 g/mol. The number of esters is 1. The number of hydrogen-bond acceptors (Lipinski definition) is 3. The van der Waals surface area contributed by atoms with Gasteiger partial charge in [-0.25, -0.2) is 9.18 Å². The van der Waals surface area contributed by atoms with E-state index in [2.05, 4.69) is 0 Å². The summed E-state index contributed by atoms with van der Waals surface area (Å²) in [5.41, 5.74) is 0. The van der Waals surface area contributed by atoms with Gasteiger partial charge in [0.05, 0.1) is 6.61 Å². The molecule has 1 aliphatic heterocycles. The van der Waals surface area contributed by atoms with Crippen molar-refractivity contribution in [1.29, 1.82) is 0 Å². The second-order valence-electron chi connectivity index (χ2n) is 2.70. The molecule has 0 amide bonds. The molecule has 5 heteroatoms. The molecule has 0 radical (unpaired) electrons. The summed E-state index contributed by atoms with van der Waals surface area (Å²) in [6.07, 6.45) is -0.426. The molecule has 0 N–H and O–H groups in total. The molecule has 0 spiro atoms. The van der Waals surface area contributed by atoms with Crippen LogP contribution < -0.4 is 56.1 Å². The van der Waals surface area contributed by atoms with Gasteiger partial charge in [0.2, 0.25) is 0 Å². The van der Waals surface area contributed by atoms with Crippen LogP contribution in [0.15, 0.2) is 24.3 Å². The maximum absolute atomic E-state index is 12.4. The zero-order chi connectivity index (χ0) is 9.26. The molecule has 1 aromatic carbocycles. The molecule has 70 valence electrons. The number of carbonyl (C=O) groups is 1. The Labute approximate surface area is 124 Å². The van der Waals surface area contributed by atoms with E-state index in [1.165, 1.54) is 24.3 Å². The standard InChI is InChI=1S/C9H7FO3.K.H/c10-6-1-3-7(4-2-6)13-9(11)8-5-12-8;;/h1-4,8H,5H2;;/q;+1;-1. The van der Waals surface area contributed by atoms with Crippen molar-refractivity contribution in [2.45, 2.75) is 6.10 Å². The van der Waals surface area contributed by atoms with E-state index in [0.29, 0.717) is 12.4 Å². The third kappa shape index (κ3) is 3.41. The Morgan fingerprint density at radius 3 is 2.57 bits per heavy atom. The van der Waals surface area contributed by atoms with Crippen LogP contribution in [0.25, 0.3) is 0 Å². The van der Waals surface area contributed by atoms with Crippen molar-refractivity contribution in [2.75, 3.05) is 6.61 Å². The minimum atomic E-state index is -0.426. The van der Waals surface area contributed by atoms with Crippen LogP contribution in [-0.2, 0) is 9.53 Å². The van der Waals surface area contributed by atoms with E-state index in [0.717, 1.165) is 0 Å². The SMILES string of the molecule is O=C(Oc1ccc(F)cc1)C1CO1.[H-].[K+]. The summed E-state index contributed by atoms with van der Waals surface area (Å²) in [4.78, 5) is 11.0. The number of halogens is 1. The first-order valence-electron chi connectivity index (χ1n) is 3.84. The minimum absolute atomic E-state index is 0. The summed E-state index contributed by atoms with van der Waals surface area (Å²) in [5.74, 6) is -0.448. The molecule has 1 aromatic rings. The van der Waals surface area contributed by atoms with Gasteiger partial charge < -0.3 is 10.9 Å². The Morgan fingerprint density at radius 1 is 1.50 bits per heavy atom. The van der Waals surface area contributed by atoms with Gasteiger partial charge in [0.25, 0.3) is 0 Å². The van der Waals surface area contributed by atoms with Gasteiger partial charge in [-0.05, 0) is 24.3 Å². The predicted octanol–water partition coefficient (Wildman–Crippen LogP) is -1.75. The predicted molar refractivity (Wildman–Crippen MR) is 42.9 cm³/mol. The van der Waals surface area contributed by atoms with E-state index in [-0.39, 0.29) is 58.6 Å². The van der Waals surface area contributed by atoms with Crippen LogP contribution in [0.5, 0.6) is 5.75 Å². The van der Waals surface area contributed by atoms with Gasteiger partial charge in [-0.3, -0.25) is 0 Å². The number of rotatable bonds is 2. The van der Waals surface area contributed by atoms with Gasteiger partial charge in [-0.2, -0.15) is 0 Å². The summed E-state index contributed by atoms with van der Waals surface area (Å²) in [5, 5.41) is 0. The molecule has 3 nitrogen and oxygen atoms in total. The van der Waals surface area contributed by atoms with E-state index in [1.807, 2.05) is 0 Å². The molecule has 0 bridgehead atoms. The fourth-order valence-corrected chi connectivity index (χ4v) is 0.869. The van der Waals surface area contributed by atoms with Gasteiger partial charge in [-0.1, -0.05) is 0 Å². The molecule has 1 heterocycles. The fourth-order valence-electron chi connectivity index (χ4n) is 0.869. The summed E-state index contributed by atoms with van der Waals surface area (Å²) in [6.45, 7) is 0.417. The van der Waals surface area contributed by atoms with Gasteiger partial charge >= 0.3 is 57.4 Å². The zero-order valence-corrected chi connectivity index (χ0v) is 10.8. The average Bonchev–Trinajstić information content (AvgIpc) is 2.91. The van der Waals surface area contributed by atoms with Crippen molar-refractivity contribution in [2.24, 2.45) is 0 Å². The summed E-state index contributed by atoms with van der Waals surface area (Å²) >= 11 is 0. The minimum Gasteiger partial charge on any atom is -1.00 e. The first-order chi connectivity index (χ1) is 6.25. The van der Waals surface area contributed by atoms with E-state index in [1.54, 1.807) is 0 Å². The molecule has 14 heavy (non-hydrogen) atoms. The Bertz CT molecular complexity index is 327. The number of carbonyl (C=O) groups excluding carboxylic acids is 1. The molecule has 1 aliphatic rings. The Morgan fingerprint density at radius 2 is 2.07 bits per heavy atom. The maximum atomic E-state index is 12.4. The van der Waals surface area contributed by atoms with Crippen LogP contribution in [0.4, 0.5) is 4.39 Å². The van der Waals surface area contributed by atoms with E-state index < -0.39 is 12.1 Å². The quantitative estimate of drug-likeness (QED) is 0.258. The summed E-state index contributed by atoms with van der Waals surface area (Å²) in [6, 6.07) is 5.26.